The number of anilines is 1. The lowest BCUT2D eigenvalue weighted by atomic mass is 10.1. The minimum Gasteiger partial charge on any atom is -0.387 e. The van der Waals surface area contributed by atoms with Gasteiger partial charge in [0.15, 0.2) is 9.84 Å². The average Bonchev–Trinajstić information content (AvgIpc) is 2.50. The molecule has 7 nitrogen and oxygen atoms in total. The van der Waals surface area contributed by atoms with Gasteiger partial charge in [0.1, 0.15) is 5.69 Å². The van der Waals surface area contributed by atoms with Gasteiger partial charge < -0.3 is 10.4 Å². The zero-order valence-corrected chi connectivity index (χ0v) is 15.3. The second kappa shape index (κ2) is 7.57. The zero-order chi connectivity index (χ0) is 18.8. The molecule has 2 aromatic rings. The van der Waals surface area contributed by atoms with Gasteiger partial charge in [-0.1, -0.05) is 23.2 Å². The van der Waals surface area contributed by atoms with Gasteiger partial charge in [0.05, 0.1) is 15.9 Å². The van der Waals surface area contributed by atoms with Gasteiger partial charge in [-0.3, -0.25) is 10.1 Å². The van der Waals surface area contributed by atoms with Gasteiger partial charge in [-0.15, -0.1) is 0 Å². The summed E-state index contributed by atoms with van der Waals surface area (Å²) < 4.78 is 23.1. The molecule has 25 heavy (non-hydrogen) atoms. The summed E-state index contributed by atoms with van der Waals surface area (Å²) in [4.78, 5) is 10.3. The fourth-order valence-corrected chi connectivity index (χ4v) is 3.32. The third kappa shape index (κ3) is 5.05. The maximum Gasteiger partial charge on any atom is 0.293 e. The van der Waals surface area contributed by atoms with Crippen molar-refractivity contribution in [1.82, 2.24) is 0 Å². The SMILES string of the molecule is CS(=O)(=O)c1ccc(NCC(O)c2cc(Cl)cc(Cl)c2)c([N+](=O)[O-])c1. The molecule has 134 valence electrons. The molecule has 0 amide bonds. The Morgan fingerprint density at radius 3 is 2.32 bits per heavy atom. The number of aliphatic hydroxyl groups is 1. The van der Waals surface area contributed by atoms with Gasteiger partial charge in [0.25, 0.3) is 5.69 Å². The fourth-order valence-electron chi connectivity index (χ4n) is 2.13. The molecule has 1 atom stereocenters. The zero-order valence-electron chi connectivity index (χ0n) is 12.9. The van der Waals surface area contributed by atoms with Crippen LogP contribution in [-0.4, -0.2) is 31.2 Å². The maximum atomic E-state index is 11.5. The number of nitro benzene ring substituents is 1. The molecule has 0 saturated heterocycles. The van der Waals surface area contributed by atoms with E-state index in [4.69, 9.17) is 23.2 Å². The summed E-state index contributed by atoms with van der Waals surface area (Å²) in [5.74, 6) is 0. The number of halogens is 2. The molecule has 0 saturated carbocycles. The molecule has 2 N–H and O–H groups in total. The Morgan fingerprint density at radius 2 is 1.80 bits per heavy atom. The number of nitro groups is 1. The van der Waals surface area contributed by atoms with Crippen LogP contribution in [0.4, 0.5) is 11.4 Å². The van der Waals surface area contributed by atoms with Crippen LogP contribution >= 0.6 is 23.2 Å². The smallest absolute Gasteiger partial charge is 0.293 e. The first-order chi connectivity index (χ1) is 11.6. The number of nitrogens with one attached hydrogen (secondary N) is 1. The molecule has 0 aromatic heterocycles. The Bertz CT molecular complexity index is 898. The lowest BCUT2D eigenvalue weighted by Gasteiger charge is -2.14. The van der Waals surface area contributed by atoms with E-state index in [2.05, 4.69) is 5.32 Å². The van der Waals surface area contributed by atoms with Gasteiger partial charge in [-0.25, -0.2) is 8.42 Å². The van der Waals surface area contributed by atoms with Crippen molar-refractivity contribution in [1.29, 1.82) is 0 Å². The quantitative estimate of drug-likeness (QED) is 0.563. The van der Waals surface area contributed by atoms with E-state index in [1.54, 1.807) is 0 Å². The Hall–Kier alpha value is -1.87. The van der Waals surface area contributed by atoms with Crippen molar-refractivity contribution < 1.29 is 18.4 Å². The topological polar surface area (TPSA) is 110 Å². The van der Waals surface area contributed by atoms with Gasteiger partial charge in [0.2, 0.25) is 0 Å². The Labute approximate surface area is 154 Å². The third-order valence-electron chi connectivity index (χ3n) is 3.35. The molecule has 0 spiro atoms. The van der Waals surface area contributed by atoms with Gasteiger partial charge in [-0.2, -0.15) is 0 Å². The predicted molar refractivity (Wildman–Crippen MR) is 96.1 cm³/mol. The first-order valence-electron chi connectivity index (χ1n) is 6.94. The standard InChI is InChI=1S/C15H14Cl2N2O5S/c1-25(23,24)12-2-3-13(14(7-12)19(21)22)18-8-15(20)9-4-10(16)6-11(17)5-9/h2-7,15,18,20H,8H2,1H3. The number of hydrogen-bond acceptors (Lipinski definition) is 6. The van der Waals surface area contributed by atoms with Crippen molar-refractivity contribution in [2.24, 2.45) is 0 Å². The highest BCUT2D eigenvalue weighted by Crippen LogP contribution is 2.29. The van der Waals surface area contributed by atoms with E-state index in [-0.39, 0.29) is 17.1 Å². The number of aliphatic hydroxyl groups excluding tert-OH is 1. The third-order valence-corrected chi connectivity index (χ3v) is 4.90. The summed E-state index contributed by atoms with van der Waals surface area (Å²) in [5.41, 5.74) is 0.129. The minimum absolute atomic E-state index is 0.0598. The number of sulfone groups is 1. The molecule has 2 aromatic carbocycles. The van der Waals surface area contributed by atoms with E-state index in [9.17, 15) is 23.6 Å². The van der Waals surface area contributed by atoms with Crippen molar-refractivity contribution >= 4 is 44.4 Å². The summed E-state index contributed by atoms with van der Waals surface area (Å²) >= 11 is 11.8. The highest BCUT2D eigenvalue weighted by molar-refractivity contribution is 7.90. The highest BCUT2D eigenvalue weighted by atomic mass is 35.5. The van der Waals surface area contributed by atoms with E-state index in [1.165, 1.54) is 30.3 Å². The maximum absolute atomic E-state index is 11.5. The second-order valence-electron chi connectivity index (χ2n) is 5.31. The molecule has 0 aliphatic carbocycles. The fraction of sp³-hybridized carbons (Fsp3) is 0.200. The average molecular weight is 405 g/mol. The Morgan fingerprint density at radius 1 is 1.20 bits per heavy atom. The number of nitrogens with zero attached hydrogens (tertiary/aromatic N) is 1. The summed E-state index contributed by atoms with van der Waals surface area (Å²) in [7, 11) is -3.57. The number of benzene rings is 2. The molecule has 0 aliphatic heterocycles. The summed E-state index contributed by atoms with van der Waals surface area (Å²) in [6.07, 6.45) is -0.0587. The first-order valence-corrected chi connectivity index (χ1v) is 9.59. The van der Waals surface area contributed by atoms with Crippen LogP contribution in [0.1, 0.15) is 11.7 Å². The second-order valence-corrected chi connectivity index (χ2v) is 8.20. The van der Waals surface area contributed by atoms with Crippen LogP contribution < -0.4 is 5.32 Å². The van der Waals surface area contributed by atoms with Crippen LogP contribution in [0.2, 0.25) is 10.0 Å². The molecular weight excluding hydrogens is 391 g/mol. The monoisotopic (exact) mass is 404 g/mol. The van der Waals surface area contributed by atoms with Crippen LogP contribution in [0.3, 0.4) is 0 Å². The molecule has 0 bridgehead atoms. The van der Waals surface area contributed by atoms with Crippen molar-refractivity contribution in [3.8, 4) is 0 Å². The molecule has 0 aliphatic rings. The lowest BCUT2D eigenvalue weighted by Crippen LogP contribution is -2.13. The van der Waals surface area contributed by atoms with Crippen LogP contribution in [0.25, 0.3) is 0 Å². The summed E-state index contributed by atoms with van der Waals surface area (Å²) in [5, 5.41) is 24.8. The van der Waals surface area contributed by atoms with E-state index in [1.807, 2.05) is 0 Å². The van der Waals surface area contributed by atoms with Crippen LogP contribution in [0.15, 0.2) is 41.3 Å². The largest absolute Gasteiger partial charge is 0.387 e. The number of rotatable bonds is 6. The molecule has 0 heterocycles. The molecule has 1 unspecified atom stereocenters. The van der Waals surface area contributed by atoms with Crippen molar-refractivity contribution in [2.45, 2.75) is 11.0 Å². The lowest BCUT2D eigenvalue weighted by molar-refractivity contribution is -0.384. The van der Waals surface area contributed by atoms with Crippen molar-refractivity contribution in [2.75, 3.05) is 18.1 Å². The van der Waals surface area contributed by atoms with E-state index in [0.29, 0.717) is 15.6 Å². The molecule has 10 heteroatoms. The molecule has 0 fully saturated rings. The minimum atomic E-state index is -3.57. The summed E-state index contributed by atoms with van der Waals surface area (Å²) in [6.45, 7) is -0.0598. The van der Waals surface area contributed by atoms with Crippen molar-refractivity contribution in [3.63, 3.8) is 0 Å². The van der Waals surface area contributed by atoms with Gasteiger partial charge in [0, 0.05) is 28.9 Å². The Kier molecular flexibility index (Phi) is 5.89. The van der Waals surface area contributed by atoms with E-state index < -0.39 is 26.6 Å². The predicted octanol–water partition coefficient (Wildman–Crippen LogP) is 3.45. The Balaban J connectivity index is 2.23. The normalized spacial score (nSPS) is 12.6. The molecule has 0 radical (unpaired) electrons. The molecular formula is C15H14Cl2N2O5S. The molecule has 2 rings (SSSR count). The number of hydrogen-bond donors (Lipinski definition) is 2. The van der Waals surface area contributed by atoms with Crippen LogP contribution in [0, 0.1) is 10.1 Å². The van der Waals surface area contributed by atoms with Gasteiger partial charge >= 0.3 is 0 Å². The van der Waals surface area contributed by atoms with E-state index in [0.717, 1.165) is 12.3 Å². The van der Waals surface area contributed by atoms with E-state index >= 15 is 0 Å². The van der Waals surface area contributed by atoms with Crippen molar-refractivity contribution in [3.05, 3.63) is 62.1 Å². The highest BCUT2D eigenvalue weighted by Gasteiger charge is 2.19. The van der Waals surface area contributed by atoms with Crippen LogP contribution in [-0.2, 0) is 9.84 Å². The first kappa shape index (κ1) is 19.5. The van der Waals surface area contributed by atoms with Crippen LogP contribution in [0.5, 0.6) is 0 Å². The van der Waals surface area contributed by atoms with Gasteiger partial charge in [-0.05, 0) is 35.9 Å². The summed E-state index contributed by atoms with van der Waals surface area (Å²) in [6, 6.07) is 8.09.